The summed E-state index contributed by atoms with van der Waals surface area (Å²) in [6.07, 6.45) is 5.99. The molecule has 0 aliphatic carbocycles. The molecular weight excluding hydrogens is 244 g/mol. The normalized spacial score (nSPS) is 11.8. The van der Waals surface area contributed by atoms with Gasteiger partial charge in [-0.25, -0.2) is 0 Å². The van der Waals surface area contributed by atoms with Gasteiger partial charge < -0.3 is 5.32 Å². The predicted molar refractivity (Wildman–Crippen MR) is 78.9 cm³/mol. The minimum absolute atomic E-state index is 0.495. The number of hydrogen-bond donors (Lipinski definition) is 1. The van der Waals surface area contributed by atoms with Gasteiger partial charge in [-0.15, -0.1) is 0 Å². The number of nitrogens with one attached hydrogen (secondary N) is 1. The van der Waals surface area contributed by atoms with Gasteiger partial charge in [0, 0.05) is 29.7 Å². The highest BCUT2D eigenvalue weighted by molar-refractivity contribution is 6.35. The number of benzene rings is 1. The molecule has 0 unspecified atom stereocenters. The molecule has 0 spiro atoms. The van der Waals surface area contributed by atoms with Crippen molar-refractivity contribution in [1.29, 1.82) is 0 Å². The van der Waals surface area contributed by atoms with Gasteiger partial charge >= 0.3 is 0 Å². The first-order valence-electron chi connectivity index (χ1n) is 6.11. The van der Waals surface area contributed by atoms with Gasteiger partial charge in [0.25, 0.3) is 0 Å². The van der Waals surface area contributed by atoms with Crippen LogP contribution in [0, 0.1) is 0 Å². The Morgan fingerprint density at radius 3 is 2.94 bits per heavy atom. The summed E-state index contributed by atoms with van der Waals surface area (Å²) in [6.45, 7) is 5.12. The van der Waals surface area contributed by atoms with Crippen LogP contribution >= 0.6 is 11.6 Å². The molecule has 1 aromatic heterocycles. The van der Waals surface area contributed by atoms with Gasteiger partial charge in [-0.2, -0.15) is 0 Å². The van der Waals surface area contributed by atoms with Crippen LogP contribution < -0.4 is 5.32 Å². The number of aromatic nitrogens is 1. The number of halogens is 1. The summed E-state index contributed by atoms with van der Waals surface area (Å²) in [5.41, 5.74) is 2.05. The maximum atomic E-state index is 6.16. The average molecular weight is 261 g/mol. The summed E-state index contributed by atoms with van der Waals surface area (Å²) in [5.74, 6) is 0. The molecule has 2 nitrogen and oxygen atoms in total. The lowest BCUT2D eigenvalue weighted by molar-refractivity contribution is 0.633. The van der Waals surface area contributed by atoms with Crippen molar-refractivity contribution in [2.75, 3.05) is 6.54 Å². The summed E-state index contributed by atoms with van der Waals surface area (Å²) >= 11 is 6.16. The fourth-order valence-electron chi connectivity index (χ4n) is 1.78. The van der Waals surface area contributed by atoms with Crippen LogP contribution in [-0.2, 0) is 0 Å². The largest absolute Gasteiger partial charge is 0.311 e. The monoisotopic (exact) mass is 260 g/mol. The molecule has 0 aliphatic heterocycles. The van der Waals surface area contributed by atoms with Crippen molar-refractivity contribution < 1.29 is 0 Å². The van der Waals surface area contributed by atoms with E-state index in [2.05, 4.69) is 36.3 Å². The summed E-state index contributed by atoms with van der Waals surface area (Å²) in [7, 11) is 0. The van der Waals surface area contributed by atoms with Gasteiger partial charge in [0.05, 0.1) is 10.5 Å². The summed E-state index contributed by atoms with van der Waals surface area (Å²) in [6, 6.07) is 8.32. The molecule has 0 atom stereocenters. The van der Waals surface area contributed by atoms with Crippen molar-refractivity contribution >= 4 is 28.6 Å². The minimum Gasteiger partial charge on any atom is -0.311 e. The Morgan fingerprint density at radius 1 is 1.33 bits per heavy atom. The van der Waals surface area contributed by atoms with Crippen LogP contribution in [0.2, 0.25) is 5.02 Å². The van der Waals surface area contributed by atoms with E-state index >= 15 is 0 Å². The van der Waals surface area contributed by atoms with E-state index < -0.39 is 0 Å². The van der Waals surface area contributed by atoms with E-state index in [1.165, 1.54) is 0 Å². The van der Waals surface area contributed by atoms with E-state index in [0.29, 0.717) is 6.04 Å². The molecule has 3 heteroatoms. The topological polar surface area (TPSA) is 24.9 Å². The fraction of sp³-hybridized carbons (Fsp3) is 0.267. The lowest BCUT2D eigenvalue weighted by atomic mass is 10.1. The van der Waals surface area contributed by atoms with Crippen molar-refractivity contribution in [2.24, 2.45) is 0 Å². The molecule has 0 radical (unpaired) electrons. The summed E-state index contributed by atoms with van der Waals surface area (Å²) in [4.78, 5) is 4.40. The quantitative estimate of drug-likeness (QED) is 0.902. The zero-order valence-corrected chi connectivity index (χ0v) is 11.4. The Bertz CT molecular complexity index is 561. The van der Waals surface area contributed by atoms with E-state index in [1.807, 2.05) is 24.3 Å². The first kappa shape index (κ1) is 13.1. The van der Waals surface area contributed by atoms with Gasteiger partial charge in [0.15, 0.2) is 0 Å². The summed E-state index contributed by atoms with van der Waals surface area (Å²) < 4.78 is 0. The Kier molecular flexibility index (Phi) is 4.34. The van der Waals surface area contributed by atoms with E-state index in [0.717, 1.165) is 28.0 Å². The van der Waals surface area contributed by atoms with Crippen molar-refractivity contribution in [2.45, 2.75) is 19.9 Å². The average Bonchev–Trinajstić information content (AvgIpc) is 2.37. The Balaban J connectivity index is 2.26. The minimum atomic E-state index is 0.495. The Labute approximate surface area is 113 Å². The molecule has 0 aliphatic rings. The van der Waals surface area contributed by atoms with Crippen LogP contribution in [0.3, 0.4) is 0 Å². The molecule has 0 fully saturated rings. The fourth-order valence-corrected chi connectivity index (χ4v) is 2.00. The van der Waals surface area contributed by atoms with Crippen molar-refractivity contribution in [1.82, 2.24) is 10.3 Å². The van der Waals surface area contributed by atoms with Crippen LogP contribution in [0.5, 0.6) is 0 Å². The van der Waals surface area contributed by atoms with Crippen LogP contribution in [-0.4, -0.2) is 17.6 Å². The number of fused-ring (bicyclic) bond motifs is 1. The second kappa shape index (κ2) is 5.98. The lowest BCUT2D eigenvalue weighted by Crippen LogP contribution is -2.22. The zero-order valence-electron chi connectivity index (χ0n) is 10.7. The Morgan fingerprint density at radius 2 is 2.17 bits per heavy atom. The predicted octanol–water partition coefficient (Wildman–Crippen LogP) is 3.90. The van der Waals surface area contributed by atoms with Gasteiger partial charge in [-0.1, -0.05) is 43.7 Å². The molecular formula is C15H17ClN2. The van der Waals surface area contributed by atoms with Crippen LogP contribution in [0.15, 0.2) is 36.5 Å². The molecule has 2 aromatic rings. The van der Waals surface area contributed by atoms with E-state index in [-0.39, 0.29) is 0 Å². The third kappa shape index (κ3) is 3.09. The van der Waals surface area contributed by atoms with E-state index in [9.17, 15) is 0 Å². The highest BCUT2D eigenvalue weighted by atomic mass is 35.5. The third-order valence-electron chi connectivity index (χ3n) is 2.69. The molecule has 1 heterocycles. The molecule has 0 bridgehead atoms. The highest BCUT2D eigenvalue weighted by Gasteiger charge is 2.02. The SMILES string of the molecule is CC(C)NC/C=C/c1ccc(Cl)c2cccnc12. The van der Waals surface area contributed by atoms with Crippen molar-refractivity contribution in [3.63, 3.8) is 0 Å². The first-order valence-corrected chi connectivity index (χ1v) is 6.49. The molecule has 0 saturated carbocycles. The number of hydrogen-bond acceptors (Lipinski definition) is 2. The molecule has 0 amide bonds. The van der Waals surface area contributed by atoms with Crippen LogP contribution in [0.1, 0.15) is 19.4 Å². The zero-order chi connectivity index (χ0) is 13.0. The molecule has 94 valence electrons. The van der Waals surface area contributed by atoms with Gasteiger partial charge in [-0.05, 0) is 18.2 Å². The standard InChI is InChI=1S/C15H17ClN2/c1-11(2)17-9-3-5-12-7-8-14(16)13-6-4-10-18-15(12)13/h3-8,10-11,17H,9H2,1-2H3/b5-3+. The molecule has 1 N–H and O–H groups in total. The van der Waals surface area contributed by atoms with Gasteiger partial charge in [-0.3, -0.25) is 4.98 Å². The summed E-state index contributed by atoms with van der Waals surface area (Å²) in [5, 5.41) is 5.09. The van der Waals surface area contributed by atoms with Gasteiger partial charge in [0.1, 0.15) is 0 Å². The van der Waals surface area contributed by atoms with Crippen molar-refractivity contribution in [3.8, 4) is 0 Å². The maximum absolute atomic E-state index is 6.16. The maximum Gasteiger partial charge on any atom is 0.0789 e. The highest BCUT2D eigenvalue weighted by Crippen LogP contribution is 2.25. The number of rotatable bonds is 4. The van der Waals surface area contributed by atoms with Crippen LogP contribution in [0.4, 0.5) is 0 Å². The van der Waals surface area contributed by atoms with Crippen molar-refractivity contribution in [3.05, 3.63) is 47.1 Å². The van der Waals surface area contributed by atoms with Gasteiger partial charge in [0.2, 0.25) is 0 Å². The number of pyridine rings is 1. The van der Waals surface area contributed by atoms with Crippen LogP contribution in [0.25, 0.3) is 17.0 Å². The smallest absolute Gasteiger partial charge is 0.0789 e. The second-order valence-electron chi connectivity index (χ2n) is 4.50. The second-order valence-corrected chi connectivity index (χ2v) is 4.91. The Hall–Kier alpha value is -1.38. The first-order chi connectivity index (χ1) is 8.68. The molecule has 1 aromatic carbocycles. The number of nitrogens with zero attached hydrogens (tertiary/aromatic N) is 1. The lowest BCUT2D eigenvalue weighted by Gasteiger charge is -2.05. The van der Waals surface area contributed by atoms with E-state index in [1.54, 1.807) is 6.20 Å². The molecule has 2 rings (SSSR count). The third-order valence-corrected chi connectivity index (χ3v) is 3.02. The molecule has 18 heavy (non-hydrogen) atoms. The van der Waals surface area contributed by atoms with E-state index in [4.69, 9.17) is 11.6 Å². The molecule has 0 saturated heterocycles.